The third-order valence-electron chi connectivity index (χ3n) is 9.17. The molecule has 0 spiro atoms. The quantitative estimate of drug-likeness (QED) is 0.140. The molecule has 0 bridgehead atoms. The molecule has 6 heteroatoms. The summed E-state index contributed by atoms with van der Waals surface area (Å²) < 4.78 is 11.2. The molecule has 41 heavy (non-hydrogen) atoms. The smallest absolute Gasteiger partial charge is 0.320 e. The van der Waals surface area contributed by atoms with Gasteiger partial charge in [-0.1, -0.05) is 79.7 Å². The molecule has 2 aromatic carbocycles. The van der Waals surface area contributed by atoms with Crippen molar-refractivity contribution in [2.45, 2.75) is 117 Å². The molecule has 230 valence electrons. The Bertz CT molecular complexity index is 1000. The lowest BCUT2D eigenvalue weighted by molar-refractivity contribution is -0.150. The summed E-state index contributed by atoms with van der Waals surface area (Å²) >= 11 is 0. The van der Waals surface area contributed by atoms with Crippen LogP contribution < -0.4 is 0 Å². The zero-order chi connectivity index (χ0) is 30.9. The maximum absolute atomic E-state index is 14.2. The van der Waals surface area contributed by atoms with E-state index in [2.05, 4.69) is 55.4 Å². The summed E-state index contributed by atoms with van der Waals surface area (Å²) in [6, 6.07) is 7.88. The Morgan fingerprint density at radius 3 is 1.32 bits per heavy atom. The molecule has 0 saturated carbocycles. The highest BCUT2D eigenvalue weighted by atomic mass is 16.6. The lowest BCUT2D eigenvalue weighted by Crippen LogP contribution is -2.37. The van der Waals surface area contributed by atoms with E-state index in [0.717, 1.165) is 59.1 Å². The summed E-state index contributed by atoms with van der Waals surface area (Å²) in [5, 5.41) is 31.8. The van der Waals surface area contributed by atoms with Gasteiger partial charge in [0.15, 0.2) is 0 Å². The number of hydrogen-bond acceptors (Lipinski definition) is 6. The molecule has 2 aromatic rings. The van der Waals surface area contributed by atoms with Crippen molar-refractivity contribution in [1.82, 2.24) is 0 Å². The Kier molecular flexibility index (Phi) is 13.2. The molecule has 0 saturated heterocycles. The van der Waals surface area contributed by atoms with Crippen LogP contribution in [0.4, 0.5) is 0 Å². The van der Waals surface area contributed by atoms with Gasteiger partial charge in [0.2, 0.25) is 0 Å². The maximum Gasteiger partial charge on any atom is 0.320 e. The second kappa shape index (κ2) is 15.6. The number of ether oxygens (including phenoxy) is 2. The fraction of sp³-hybridized carbons (Fsp3) is 0.629. The van der Waals surface area contributed by atoms with Gasteiger partial charge in [0, 0.05) is 0 Å². The molecule has 0 amide bonds. The molecular weight excluding hydrogens is 516 g/mol. The van der Waals surface area contributed by atoms with Gasteiger partial charge < -0.3 is 24.8 Å². The number of phenolic OH excluding ortho intramolecular Hbond substituents is 2. The van der Waals surface area contributed by atoms with Gasteiger partial charge in [-0.05, 0) is 89.7 Å². The average Bonchev–Trinajstić information content (AvgIpc) is 2.98. The average molecular weight is 571 g/mol. The van der Waals surface area contributed by atoms with Gasteiger partial charge in [0.05, 0.1) is 19.8 Å². The van der Waals surface area contributed by atoms with Crippen molar-refractivity contribution >= 4 is 5.97 Å². The maximum atomic E-state index is 14.2. The molecule has 2 rings (SSSR count). The topological polar surface area (TPSA) is 96.2 Å². The van der Waals surface area contributed by atoms with Crippen LogP contribution in [0.1, 0.15) is 145 Å². The van der Waals surface area contributed by atoms with Crippen molar-refractivity contribution in [1.29, 1.82) is 0 Å². The van der Waals surface area contributed by atoms with Crippen molar-refractivity contribution < 1.29 is 29.6 Å². The van der Waals surface area contributed by atoms with Crippen LogP contribution in [0.25, 0.3) is 0 Å². The number of rotatable bonds is 16. The molecule has 6 nitrogen and oxygen atoms in total. The van der Waals surface area contributed by atoms with Gasteiger partial charge in [-0.2, -0.15) is 0 Å². The van der Waals surface area contributed by atoms with Crippen LogP contribution >= 0.6 is 0 Å². The summed E-state index contributed by atoms with van der Waals surface area (Å²) in [6.07, 6.45) is 3.37. The Hall–Kier alpha value is -2.57. The van der Waals surface area contributed by atoms with E-state index in [1.165, 1.54) is 0 Å². The van der Waals surface area contributed by atoms with E-state index in [1.807, 2.05) is 31.2 Å². The van der Waals surface area contributed by atoms with Crippen LogP contribution in [0.3, 0.4) is 0 Å². The first kappa shape index (κ1) is 34.6. The fourth-order valence-corrected chi connectivity index (χ4v) is 5.23. The summed E-state index contributed by atoms with van der Waals surface area (Å²) in [6.45, 7) is 19.0. The zero-order valence-electron chi connectivity index (χ0n) is 26.8. The second-order valence-corrected chi connectivity index (χ2v) is 11.8. The van der Waals surface area contributed by atoms with Crippen molar-refractivity contribution in [2.75, 3.05) is 26.4 Å². The SMILES string of the molecule is CCC(C)c1cc(C(C)(C(=O)OCCOCCO)c2cc(C(C)CC)c(O)c(C(C)CC)c2)cc(C(C)CC)c1O. The van der Waals surface area contributed by atoms with Crippen molar-refractivity contribution in [2.24, 2.45) is 0 Å². The lowest BCUT2D eigenvalue weighted by atomic mass is 9.71. The minimum Gasteiger partial charge on any atom is -0.507 e. The van der Waals surface area contributed by atoms with Crippen LogP contribution in [0.5, 0.6) is 11.5 Å². The van der Waals surface area contributed by atoms with Crippen LogP contribution in [0.2, 0.25) is 0 Å². The highest BCUT2D eigenvalue weighted by molar-refractivity contribution is 5.88. The number of esters is 1. The summed E-state index contributed by atoms with van der Waals surface area (Å²) in [7, 11) is 0. The number of carbonyl (C=O) groups is 1. The van der Waals surface area contributed by atoms with E-state index in [0.29, 0.717) is 11.5 Å². The highest BCUT2D eigenvalue weighted by Gasteiger charge is 2.41. The highest BCUT2D eigenvalue weighted by Crippen LogP contribution is 2.46. The number of aliphatic hydroxyl groups is 1. The third kappa shape index (κ3) is 7.64. The van der Waals surface area contributed by atoms with E-state index in [1.54, 1.807) is 0 Å². The molecular formula is C35H54O6. The fourth-order valence-electron chi connectivity index (χ4n) is 5.23. The number of hydrogen-bond donors (Lipinski definition) is 3. The van der Waals surface area contributed by atoms with Crippen LogP contribution in [-0.4, -0.2) is 47.7 Å². The van der Waals surface area contributed by atoms with Gasteiger partial charge in [-0.15, -0.1) is 0 Å². The number of carbonyl (C=O) groups excluding carboxylic acids is 1. The van der Waals surface area contributed by atoms with Gasteiger partial charge >= 0.3 is 5.97 Å². The lowest BCUT2D eigenvalue weighted by Gasteiger charge is -2.33. The molecule has 4 unspecified atom stereocenters. The van der Waals surface area contributed by atoms with Gasteiger partial charge in [0.1, 0.15) is 23.5 Å². The van der Waals surface area contributed by atoms with Crippen molar-refractivity contribution in [3.63, 3.8) is 0 Å². The van der Waals surface area contributed by atoms with E-state index in [4.69, 9.17) is 14.6 Å². The molecule has 0 radical (unpaired) electrons. The second-order valence-electron chi connectivity index (χ2n) is 11.8. The van der Waals surface area contributed by atoms with Crippen LogP contribution in [-0.2, 0) is 19.7 Å². The number of aromatic hydroxyl groups is 2. The largest absolute Gasteiger partial charge is 0.507 e. The third-order valence-corrected chi connectivity index (χ3v) is 9.17. The van der Waals surface area contributed by atoms with E-state index >= 15 is 0 Å². The number of phenols is 2. The minimum absolute atomic E-state index is 0.0530. The number of aliphatic hydroxyl groups excluding tert-OH is 1. The molecule has 0 aromatic heterocycles. The Balaban J connectivity index is 2.93. The first-order valence-corrected chi connectivity index (χ1v) is 15.5. The van der Waals surface area contributed by atoms with E-state index in [-0.39, 0.29) is 50.1 Å². The van der Waals surface area contributed by atoms with Gasteiger partial charge in [0.25, 0.3) is 0 Å². The molecule has 0 aliphatic heterocycles. The van der Waals surface area contributed by atoms with E-state index < -0.39 is 11.4 Å². The molecule has 4 atom stereocenters. The Labute approximate surface area is 248 Å². The zero-order valence-corrected chi connectivity index (χ0v) is 26.8. The minimum atomic E-state index is -1.22. The standard InChI is InChI=1S/C35H54O6/c1-10-22(5)28-18-26(19-29(32(28)37)23(6)11-2)35(9,34(39)41-17-16-40-15-14-36)27-20-30(24(7)12-3)33(38)31(21-27)25(8)13-4/h18-25,36-38H,10-17H2,1-9H3. The predicted octanol–water partition coefficient (Wildman–Crippen LogP) is 8.01. The molecule has 0 aliphatic rings. The van der Waals surface area contributed by atoms with Crippen LogP contribution in [0.15, 0.2) is 24.3 Å². The summed E-state index contributed by atoms with van der Waals surface area (Å²) in [4.78, 5) is 14.2. The molecule has 0 heterocycles. The Morgan fingerprint density at radius 1 is 0.683 bits per heavy atom. The first-order valence-electron chi connectivity index (χ1n) is 15.5. The molecule has 0 aliphatic carbocycles. The van der Waals surface area contributed by atoms with Crippen LogP contribution in [0, 0.1) is 0 Å². The van der Waals surface area contributed by atoms with Gasteiger partial charge in [-0.25, -0.2) is 0 Å². The normalized spacial score (nSPS) is 16.0. The first-order chi connectivity index (χ1) is 19.4. The number of benzene rings is 2. The predicted molar refractivity (Wildman–Crippen MR) is 166 cm³/mol. The van der Waals surface area contributed by atoms with E-state index in [9.17, 15) is 15.0 Å². The van der Waals surface area contributed by atoms with Crippen molar-refractivity contribution in [3.8, 4) is 11.5 Å². The molecule has 0 fully saturated rings. The molecule has 3 N–H and O–H groups in total. The Morgan fingerprint density at radius 2 is 1.02 bits per heavy atom. The van der Waals surface area contributed by atoms with Crippen molar-refractivity contribution in [3.05, 3.63) is 57.6 Å². The monoisotopic (exact) mass is 570 g/mol. The van der Waals surface area contributed by atoms with Gasteiger partial charge in [-0.3, -0.25) is 4.79 Å². The summed E-state index contributed by atoms with van der Waals surface area (Å²) in [5.74, 6) is 0.560. The summed E-state index contributed by atoms with van der Waals surface area (Å²) in [5.41, 5.74) is 3.62.